The fourth-order valence-electron chi connectivity index (χ4n) is 3.68. The molecule has 184 valence electrons. The van der Waals surface area contributed by atoms with Crippen LogP contribution < -0.4 is 10.1 Å². The zero-order chi connectivity index (χ0) is 25.4. The van der Waals surface area contributed by atoms with Gasteiger partial charge in [-0.25, -0.2) is 9.97 Å². The second-order valence-corrected chi connectivity index (χ2v) is 9.44. The Morgan fingerprint density at radius 3 is 2.23 bits per heavy atom. The number of ether oxygens (including phenoxy) is 1. The highest BCUT2D eigenvalue weighted by molar-refractivity contribution is 7.99. The molecule has 8 heteroatoms. The third kappa shape index (κ3) is 6.82. The minimum Gasteiger partial charge on any atom is -0.497 e. The van der Waals surface area contributed by atoms with Gasteiger partial charge in [-0.15, -0.1) is 0 Å². The number of amides is 2. The van der Waals surface area contributed by atoms with E-state index in [9.17, 15) is 9.59 Å². The minimum absolute atomic E-state index is 0.126. The maximum atomic E-state index is 13.6. The van der Waals surface area contributed by atoms with E-state index in [-0.39, 0.29) is 17.6 Å². The van der Waals surface area contributed by atoms with E-state index in [4.69, 9.17) is 4.74 Å². The average molecular weight is 493 g/mol. The highest BCUT2D eigenvalue weighted by Gasteiger charge is 2.40. The van der Waals surface area contributed by atoms with Gasteiger partial charge in [-0.1, -0.05) is 49.0 Å². The molecular formula is C27H32N4O3S. The number of hydrogen-bond acceptors (Lipinski definition) is 6. The normalized spacial score (nSPS) is 12.5. The molecule has 7 nitrogen and oxygen atoms in total. The number of thioether (sulfide) groups is 1. The van der Waals surface area contributed by atoms with Crippen molar-refractivity contribution in [3.05, 3.63) is 77.6 Å². The lowest BCUT2D eigenvalue weighted by atomic mass is 9.93. The van der Waals surface area contributed by atoms with Gasteiger partial charge in [0.1, 0.15) is 11.3 Å². The molecule has 1 atom stereocenters. The van der Waals surface area contributed by atoms with E-state index in [2.05, 4.69) is 15.3 Å². The monoisotopic (exact) mass is 492 g/mol. The Morgan fingerprint density at radius 1 is 1.03 bits per heavy atom. The number of rotatable bonds is 10. The Balaban J connectivity index is 1.85. The fraction of sp³-hybridized carbons (Fsp3) is 0.333. The topological polar surface area (TPSA) is 84.4 Å². The van der Waals surface area contributed by atoms with E-state index in [1.54, 1.807) is 36.3 Å². The molecule has 0 saturated carbocycles. The van der Waals surface area contributed by atoms with Crippen LogP contribution in [0.4, 0.5) is 5.69 Å². The third-order valence-electron chi connectivity index (χ3n) is 5.89. The minimum atomic E-state index is -1.07. The van der Waals surface area contributed by atoms with Crippen molar-refractivity contribution in [1.29, 1.82) is 0 Å². The van der Waals surface area contributed by atoms with Crippen LogP contribution >= 0.6 is 11.8 Å². The lowest BCUT2D eigenvalue weighted by molar-refractivity contribution is -0.143. The number of benzene rings is 2. The van der Waals surface area contributed by atoms with Gasteiger partial charge in [0.15, 0.2) is 5.16 Å². The van der Waals surface area contributed by atoms with E-state index >= 15 is 0 Å². The molecule has 1 aromatic heterocycles. The van der Waals surface area contributed by atoms with Gasteiger partial charge in [-0.2, -0.15) is 0 Å². The van der Waals surface area contributed by atoms with Crippen LogP contribution in [-0.2, 0) is 16.1 Å². The van der Waals surface area contributed by atoms with Crippen molar-refractivity contribution in [2.24, 2.45) is 0 Å². The Kier molecular flexibility index (Phi) is 8.87. The molecule has 0 aliphatic rings. The molecule has 0 saturated heterocycles. The summed E-state index contributed by atoms with van der Waals surface area (Å²) in [6, 6.07) is 18.7. The zero-order valence-corrected chi connectivity index (χ0v) is 21.7. The first kappa shape index (κ1) is 26.2. The summed E-state index contributed by atoms with van der Waals surface area (Å²) in [5, 5.41) is 3.53. The highest BCUT2D eigenvalue weighted by atomic mass is 32.2. The second-order valence-electron chi connectivity index (χ2n) is 8.50. The summed E-state index contributed by atoms with van der Waals surface area (Å²) in [5.41, 5.74) is 2.22. The van der Waals surface area contributed by atoms with Crippen molar-refractivity contribution in [2.45, 2.75) is 51.4 Å². The largest absolute Gasteiger partial charge is 0.497 e. The maximum Gasteiger partial charge on any atom is 0.250 e. The van der Waals surface area contributed by atoms with Crippen molar-refractivity contribution in [2.75, 3.05) is 18.2 Å². The number of nitrogens with zero attached hydrogens (tertiary/aromatic N) is 3. The first-order valence-electron chi connectivity index (χ1n) is 11.5. The van der Waals surface area contributed by atoms with Crippen molar-refractivity contribution in [3.63, 3.8) is 0 Å². The number of nitrogens with one attached hydrogen (secondary N) is 1. The van der Waals surface area contributed by atoms with Crippen LogP contribution in [0.2, 0.25) is 0 Å². The van der Waals surface area contributed by atoms with Gasteiger partial charge in [0, 0.05) is 23.6 Å². The molecule has 2 amide bonds. The number of carbonyl (C=O) groups is 2. The Bertz CT molecular complexity index is 1130. The second kappa shape index (κ2) is 11.8. The van der Waals surface area contributed by atoms with Crippen molar-refractivity contribution >= 4 is 29.3 Å². The molecule has 1 unspecified atom stereocenters. The molecule has 0 bridgehead atoms. The molecule has 0 spiro atoms. The van der Waals surface area contributed by atoms with Crippen molar-refractivity contribution in [3.8, 4) is 5.75 Å². The van der Waals surface area contributed by atoms with Gasteiger partial charge < -0.3 is 15.0 Å². The molecule has 0 radical (unpaired) electrons. The average Bonchev–Trinajstić information content (AvgIpc) is 2.86. The number of anilines is 1. The molecule has 0 aliphatic carbocycles. The summed E-state index contributed by atoms with van der Waals surface area (Å²) < 4.78 is 5.20. The third-order valence-corrected chi connectivity index (χ3v) is 6.72. The van der Waals surface area contributed by atoms with Gasteiger partial charge in [-0.05, 0) is 63.1 Å². The molecule has 0 aliphatic heterocycles. The summed E-state index contributed by atoms with van der Waals surface area (Å²) in [4.78, 5) is 37.7. The summed E-state index contributed by atoms with van der Waals surface area (Å²) in [6.07, 6.45) is 0.443. The molecule has 1 heterocycles. The van der Waals surface area contributed by atoms with Crippen LogP contribution in [0.25, 0.3) is 0 Å². The Morgan fingerprint density at radius 2 is 1.66 bits per heavy atom. The number of carbonyl (C=O) groups excluding carboxylic acids is 2. The smallest absolute Gasteiger partial charge is 0.250 e. The first-order valence-corrected chi connectivity index (χ1v) is 12.5. The van der Waals surface area contributed by atoms with Crippen molar-refractivity contribution < 1.29 is 14.3 Å². The predicted octanol–water partition coefficient (Wildman–Crippen LogP) is 5.03. The van der Waals surface area contributed by atoms with E-state index in [0.29, 0.717) is 29.6 Å². The maximum absolute atomic E-state index is 13.6. The number of aryl methyl sites for hydroxylation is 2. The summed E-state index contributed by atoms with van der Waals surface area (Å²) >= 11 is 1.28. The number of hydrogen-bond donors (Lipinski definition) is 1. The van der Waals surface area contributed by atoms with Gasteiger partial charge in [0.2, 0.25) is 11.8 Å². The molecule has 0 fully saturated rings. The fourth-order valence-corrected chi connectivity index (χ4v) is 4.51. The Hall–Kier alpha value is -3.39. The predicted molar refractivity (Wildman–Crippen MR) is 140 cm³/mol. The van der Waals surface area contributed by atoms with Gasteiger partial charge in [-0.3, -0.25) is 9.59 Å². The SMILES string of the molecule is CCC(C)(C(=O)Nc1ccc(OC)cc1)N(Cc1ccccc1)C(=O)CSc1nc(C)cc(C)n1. The molecular weight excluding hydrogens is 460 g/mol. The molecule has 35 heavy (non-hydrogen) atoms. The summed E-state index contributed by atoms with van der Waals surface area (Å²) in [5.74, 6) is 0.423. The van der Waals surface area contributed by atoms with Crippen LogP contribution in [0.5, 0.6) is 5.75 Å². The van der Waals surface area contributed by atoms with Crippen LogP contribution in [-0.4, -0.2) is 45.1 Å². The highest BCUT2D eigenvalue weighted by Crippen LogP contribution is 2.27. The van der Waals surface area contributed by atoms with Crippen LogP contribution in [0.1, 0.15) is 37.2 Å². The number of aromatic nitrogens is 2. The molecule has 1 N–H and O–H groups in total. The lowest BCUT2D eigenvalue weighted by Gasteiger charge is -2.39. The first-order chi connectivity index (χ1) is 16.7. The summed E-state index contributed by atoms with van der Waals surface area (Å²) in [6.45, 7) is 7.85. The Labute approximate surface area is 211 Å². The van der Waals surface area contributed by atoms with Gasteiger partial charge >= 0.3 is 0 Å². The van der Waals surface area contributed by atoms with E-state index in [1.165, 1.54) is 11.8 Å². The van der Waals surface area contributed by atoms with Crippen LogP contribution in [0.15, 0.2) is 65.8 Å². The van der Waals surface area contributed by atoms with E-state index in [1.807, 2.05) is 64.1 Å². The molecule has 3 rings (SSSR count). The van der Waals surface area contributed by atoms with Gasteiger partial charge in [0.25, 0.3) is 0 Å². The van der Waals surface area contributed by atoms with E-state index in [0.717, 1.165) is 17.0 Å². The quantitative estimate of drug-likeness (QED) is 0.316. The van der Waals surface area contributed by atoms with Crippen molar-refractivity contribution in [1.82, 2.24) is 14.9 Å². The van der Waals surface area contributed by atoms with Crippen LogP contribution in [0.3, 0.4) is 0 Å². The van der Waals surface area contributed by atoms with Gasteiger partial charge in [0.05, 0.1) is 12.9 Å². The van der Waals surface area contributed by atoms with Crippen LogP contribution in [0, 0.1) is 13.8 Å². The lowest BCUT2D eigenvalue weighted by Crippen LogP contribution is -2.57. The molecule has 3 aromatic rings. The standard InChI is InChI=1S/C27H32N4O3S/c1-6-27(4,25(33)30-22-12-14-23(34-5)15-13-22)31(17-21-10-8-7-9-11-21)24(32)18-35-26-28-19(2)16-20(3)29-26/h7-16H,6,17-18H2,1-5H3,(H,30,33). The summed E-state index contributed by atoms with van der Waals surface area (Å²) in [7, 11) is 1.59. The zero-order valence-electron chi connectivity index (χ0n) is 20.9. The number of methoxy groups -OCH3 is 1. The molecule has 2 aromatic carbocycles. The van der Waals surface area contributed by atoms with E-state index < -0.39 is 5.54 Å².